The van der Waals surface area contributed by atoms with E-state index in [2.05, 4.69) is 0 Å². The van der Waals surface area contributed by atoms with Gasteiger partial charge in [-0.25, -0.2) is 0 Å². The monoisotopic (exact) mass is 224 g/mol. The van der Waals surface area contributed by atoms with Gasteiger partial charge in [0, 0.05) is 6.42 Å². The van der Waals surface area contributed by atoms with Crippen LogP contribution in [0.4, 0.5) is 0 Å². The van der Waals surface area contributed by atoms with Crippen molar-refractivity contribution in [1.29, 1.82) is 0 Å². The van der Waals surface area contributed by atoms with Crippen LogP contribution in [0.25, 0.3) is 0 Å². The van der Waals surface area contributed by atoms with Gasteiger partial charge in [-0.1, -0.05) is 18.2 Å². The van der Waals surface area contributed by atoms with E-state index in [9.17, 15) is 4.79 Å². The van der Waals surface area contributed by atoms with Crippen molar-refractivity contribution in [3.05, 3.63) is 24.3 Å². The topological polar surface area (TPSA) is 35.5 Å². The third-order valence-corrected chi connectivity index (χ3v) is 2.35. The van der Waals surface area contributed by atoms with Crippen molar-refractivity contribution in [2.45, 2.75) is 45.5 Å². The van der Waals surface area contributed by atoms with E-state index in [0.717, 1.165) is 6.42 Å². The van der Waals surface area contributed by atoms with E-state index in [0.29, 0.717) is 13.0 Å². The molecular weight excluding hydrogens is 204 g/mol. The first-order valence-electron chi connectivity index (χ1n) is 5.67. The van der Waals surface area contributed by atoms with Gasteiger partial charge < -0.3 is 9.47 Å². The predicted molar refractivity (Wildman–Crippen MR) is 63.1 cm³/mol. The molecule has 0 radical (unpaired) electrons. The van der Waals surface area contributed by atoms with Gasteiger partial charge in [-0.15, -0.1) is 0 Å². The number of hydrogen-bond donors (Lipinski definition) is 0. The summed E-state index contributed by atoms with van der Waals surface area (Å²) in [6, 6.07) is 0. The van der Waals surface area contributed by atoms with Crippen LogP contribution in [0.1, 0.15) is 33.6 Å². The van der Waals surface area contributed by atoms with Gasteiger partial charge in [0.2, 0.25) is 0 Å². The van der Waals surface area contributed by atoms with Crippen molar-refractivity contribution >= 4 is 5.78 Å². The van der Waals surface area contributed by atoms with Gasteiger partial charge in [-0.3, -0.25) is 4.79 Å². The summed E-state index contributed by atoms with van der Waals surface area (Å²) in [5.41, 5.74) is 0. The summed E-state index contributed by atoms with van der Waals surface area (Å²) in [5, 5.41) is 0. The summed E-state index contributed by atoms with van der Waals surface area (Å²) in [4.78, 5) is 11.6. The molecule has 16 heavy (non-hydrogen) atoms. The second kappa shape index (κ2) is 5.97. The van der Waals surface area contributed by atoms with Crippen LogP contribution in [-0.4, -0.2) is 24.3 Å². The Kier molecular flexibility index (Phi) is 4.90. The molecule has 1 unspecified atom stereocenters. The molecule has 0 N–H and O–H groups in total. The van der Waals surface area contributed by atoms with Gasteiger partial charge in [0.15, 0.2) is 11.6 Å². The molecule has 1 fully saturated rings. The molecule has 1 aliphatic heterocycles. The molecule has 0 amide bonds. The molecule has 3 nitrogen and oxygen atoms in total. The average Bonchev–Trinajstić information content (AvgIpc) is 2.16. The van der Waals surface area contributed by atoms with Gasteiger partial charge in [0.1, 0.15) is 0 Å². The maximum Gasteiger partial charge on any atom is 0.163 e. The quantitative estimate of drug-likeness (QED) is 0.544. The smallest absolute Gasteiger partial charge is 0.163 e. The fraction of sp³-hybridized carbons (Fsp3) is 0.615. The molecule has 90 valence electrons. The Morgan fingerprint density at radius 1 is 1.44 bits per heavy atom. The lowest BCUT2D eigenvalue weighted by molar-refractivity contribution is -0.272. The molecule has 0 saturated carbocycles. The lowest BCUT2D eigenvalue weighted by atomic mass is 10.1. The summed E-state index contributed by atoms with van der Waals surface area (Å²) < 4.78 is 11.1. The Bertz CT molecular complexity index is 290. The Morgan fingerprint density at radius 3 is 2.81 bits per heavy atom. The highest BCUT2D eigenvalue weighted by atomic mass is 16.7. The van der Waals surface area contributed by atoms with E-state index in [1.54, 1.807) is 12.2 Å². The SMILES string of the molecule is C/C=C/C=C/C(=O)CC1CCOC(C)(C)O1. The molecule has 1 atom stereocenters. The number of carbonyl (C=O) groups is 1. The van der Waals surface area contributed by atoms with E-state index in [4.69, 9.17) is 9.47 Å². The van der Waals surface area contributed by atoms with Crippen LogP contribution in [-0.2, 0) is 14.3 Å². The minimum atomic E-state index is -0.559. The van der Waals surface area contributed by atoms with Gasteiger partial charge in [-0.05, 0) is 33.3 Å². The third-order valence-electron chi connectivity index (χ3n) is 2.35. The molecule has 3 heteroatoms. The van der Waals surface area contributed by atoms with Crippen LogP contribution < -0.4 is 0 Å². The highest BCUT2D eigenvalue weighted by Crippen LogP contribution is 2.23. The summed E-state index contributed by atoms with van der Waals surface area (Å²) in [5.74, 6) is -0.461. The Morgan fingerprint density at radius 2 is 2.19 bits per heavy atom. The maximum atomic E-state index is 11.6. The molecule has 1 aliphatic rings. The van der Waals surface area contributed by atoms with Crippen molar-refractivity contribution in [2.75, 3.05) is 6.61 Å². The normalized spacial score (nSPS) is 25.3. The molecule has 1 heterocycles. The lowest BCUT2D eigenvalue weighted by Gasteiger charge is -2.35. The van der Waals surface area contributed by atoms with Crippen LogP contribution in [0.3, 0.4) is 0 Å². The van der Waals surface area contributed by atoms with E-state index in [1.165, 1.54) is 0 Å². The van der Waals surface area contributed by atoms with Gasteiger partial charge in [-0.2, -0.15) is 0 Å². The van der Waals surface area contributed by atoms with Crippen molar-refractivity contribution in [3.8, 4) is 0 Å². The molecule has 1 saturated heterocycles. The molecule has 0 spiro atoms. The minimum absolute atomic E-state index is 0.0218. The zero-order valence-electron chi connectivity index (χ0n) is 10.2. The minimum Gasteiger partial charge on any atom is -0.350 e. The number of ketones is 1. The van der Waals surface area contributed by atoms with Crippen molar-refractivity contribution < 1.29 is 14.3 Å². The predicted octanol–water partition coefficient (Wildman–Crippen LogP) is 2.62. The Labute approximate surface area is 97.1 Å². The average molecular weight is 224 g/mol. The van der Waals surface area contributed by atoms with E-state index < -0.39 is 5.79 Å². The van der Waals surface area contributed by atoms with E-state index >= 15 is 0 Å². The van der Waals surface area contributed by atoms with Crippen molar-refractivity contribution in [3.63, 3.8) is 0 Å². The highest BCUT2D eigenvalue weighted by molar-refractivity contribution is 5.90. The Hall–Kier alpha value is -0.930. The van der Waals surface area contributed by atoms with Crippen LogP contribution in [0.15, 0.2) is 24.3 Å². The highest BCUT2D eigenvalue weighted by Gasteiger charge is 2.29. The number of hydrogen-bond acceptors (Lipinski definition) is 3. The summed E-state index contributed by atoms with van der Waals surface area (Å²) >= 11 is 0. The van der Waals surface area contributed by atoms with Crippen LogP contribution in [0.2, 0.25) is 0 Å². The molecule has 0 aromatic carbocycles. The first-order chi connectivity index (χ1) is 7.53. The molecule has 0 aromatic heterocycles. The van der Waals surface area contributed by atoms with Crippen molar-refractivity contribution in [2.24, 2.45) is 0 Å². The van der Waals surface area contributed by atoms with Crippen LogP contribution in [0.5, 0.6) is 0 Å². The molecular formula is C13H20O3. The lowest BCUT2D eigenvalue weighted by Crippen LogP contribution is -2.40. The van der Waals surface area contributed by atoms with Gasteiger partial charge in [0.25, 0.3) is 0 Å². The molecule has 0 bridgehead atoms. The first-order valence-corrected chi connectivity index (χ1v) is 5.67. The standard InChI is InChI=1S/C13H20O3/c1-4-5-6-7-11(14)10-12-8-9-15-13(2,3)16-12/h4-7,12H,8-10H2,1-3H3/b5-4+,7-6+. The summed E-state index contributed by atoms with van der Waals surface area (Å²) in [7, 11) is 0. The van der Waals surface area contributed by atoms with E-state index in [-0.39, 0.29) is 11.9 Å². The van der Waals surface area contributed by atoms with Crippen molar-refractivity contribution in [1.82, 2.24) is 0 Å². The number of allylic oxidation sites excluding steroid dienone is 4. The second-order valence-corrected chi connectivity index (χ2v) is 4.33. The zero-order chi connectivity index (χ0) is 12.0. The Balaban J connectivity index is 2.39. The zero-order valence-corrected chi connectivity index (χ0v) is 10.2. The largest absolute Gasteiger partial charge is 0.350 e. The van der Waals surface area contributed by atoms with Gasteiger partial charge >= 0.3 is 0 Å². The first kappa shape index (κ1) is 13.1. The number of carbonyl (C=O) groups excluding carboxylic acids is 1. The fourth-order valence-electron chi connectivity index (χ4n) is 1.64. The number of rotatable bonds is 4. The molecule has 0 aliphatic carbocycles. The van der Waals surface area contributed by atoms with Crippen LogP contribution >= 0.6 is 0 Å². The van der Waals surface area contributed by atoms with E-state index in [1.807, 2.05) is 32.9 Å². The van der Waals surface area contributed by atoms with Gasteiger partial charge in [0.05, 0.1) is 12.7 Å². The number of ether oxygens (including phenoxy) is 2. The molecule has 0 aromatic rings. The summed E-state index contributed by atoms with van der Waals surface area (Å²) in [6.07, 6.45) is 8.27. The fourth-order valence-corrected chi connectivity index (χ4v) is 1.64. The third kappa shape index (κ3) is 4.73. The molecule has 1 rings (SSSR count). The maximum absolute atomic E-state index is 11.6. The van der Waals surface area contributed by atoms with Crippen LogP contribution in [0, 0.1) is 0 Å². The summed E-state index contributed by atoms with van der Waals surface area (Å²) in [6.45, 7) is 6.32. The second-order valence-electron chi connectivity index (χ2n) is 4.33.